The van der Waals surface area contributed by atoms with E-state index in [1.807, 2.05) is 24.5 Å². The van der Waals surface area contributed by atoms with Gasteiger partial charge in [-0.05, 0) is 37.0 Å². The van der Waals surface area contributed by atoms with Gasteiger partial charge >= 0.3 is 5.91 Å². The van der Waals surface area contributed by atoms with E-state index in [0.29, 0.717) is 64.1 Å². The summed E-state index contributed by atoms with van der Waals surface area (Å²) < 4.78 is 47.0. The van der Waals surface area contributed by atoms with Crippen LogP contribution in [-0.4, -0.2) is 79.2 Å². The summed E-state index contributed by atoms with van der Waals surface area (Å²) in [4.78, 5) is 14.3. The molecule has 3 rings (SSSR count). The van der Waals surface area contributed by atoms with Gasteiger partial charge in [-0.2, -0.15) is 17.3 Å². The van der Waals surface area contributed by atoms with Crippen molar-refractivity contribution in [2.45, 2.75) is 52.2 Å². The number of carbonyl (C=O) groups excluding carboxylic acids is 1. The highest BCUT2D eigenvalue weighted by molar-refractivity contribution is 7.86. The van der Waals surface area contributed by atoms with E-state index in [1.54, 1.807) is 13.0 Å². The number of piperidine rings is 1. The molecule has 2 aliphatic rings. The first-order chi connectivity index (χ1) is 15.1. The fraction of sp³-hybridized carbons (Fsp3) is 0.636. The van der Waals surface area contributed by atoms with Crippen LogP contribution in [0.25, 0.3) is 0 Å². The minimum atomic E-state index is -3.70. The number of amides is 1. The third kappa shape index (κ3) is 6.20. The second kappa shape index (κ2) is 10.5. The van der Waals surface area contributed by atoms with E-state index in [1.165, 1.54) is 10.4 Å². The second-order valence-electron chi connectivity index (χ2n) is 8.65. The second-order valence-corrected chi connectivity index (χ2v) is 10.2. The summed E-state index contributed by atoms with van der Waals surface area (Å²) in [6, 6.07) is 5.16. The van der Waals surface area contributed by atoms with E-state index in [-0.39, 0.29) is 23.9 Å². The highest BCUT2D eigenvalue weighted by Gasteiger charge is 2.32. The maximum atomic E-state index is 14.3. The largest absolute Gasteiger partial charge is 0.386 e. The average molecular weight is 470 g/mol. The molecule has 0 aliphatic carbocycles. The molecule has 1 atom stereocenters. The smallest absolute Gasteiger partial charge is 0.369 e. The molecule has 2 N–H and O–H groups in total. The highest BCUT2D eigenvalue weighted by Crippen LogP contribution is 2.27. The molecule has 1 unspecified atom stereocenters. The molecular weight excluding hydrogens is 435 g/mol. The Balaban J connectivity index is 1.73. The molecule has 1 fully saturated rings. The third-order valence-electron chi connectivity index (χ3n) is 6.27. The zero-order chi connectivity index (χ0) is 23.5. The van der Waals surface area contributed by atoms with E-state index in [4.69, 9.17) is 9.88 Å². The predicted octanol–water partition coefficient (Wildman–Crippen LogP) is 1.59. The molecule has 0 radical (unpaired) electrons. The van der Waals surface area contributed by atoms with Crippen LogP contribution in [0.1, 0.15) is 50.3 Å². The Bertz CT molecular complexity index is 974. The molecule has 8 nitrogen and oxygen atoms in total. The monoisotopic (exact) mass is 469 g/mol. The zero-order valence-electron chi connectivity index (χ0n) is 19.1. The number of aryl methyl sites for hydroxylation is 1. The minimum absolute atomic E-state index is 0.122. The Morgan fingerprint density at radius 2 is 1.97 bits per heavy atom. The van der Waals surface area contributed by atoms with Crippen LogP contribution in [0.4, 0.5) is 4.39 Å². The molecule has 0 aromatic heterocycles. The Morgan fingerprint density at radius 3 is 2.53 bits per heavy atom. The lowest BCUT2D eigenvalue weighted by Gasteiger charge is -2.35. The van der Waals surface area contributed by atoms with Gasteiger partial charge in [-0.3, -0.25) is 4.90 Å². The first kappa shape index (κ1) is 24.9. The van der Waals surface area contributed by atoms with Crippen LogP contribution in [0.3, 0.4) is 0 Å². The third-order valence-corrected chi connectivity index (χ3v) is 7.35. The van der Waals surface area contributed by atoms with Crippen molar-refractivity contribution in [2.75, 3.05) is 39.3 Å². The quantitative estimate of drug-likeness (QED) is 0.612. The first-order valence-corrected chi connectivity index (χ1v) is 12.6. The summed E-state index contributed by atoms with van der Waals surface area (Å²) in [7, 11) is -3.70. The van der Waals surface area contributed by atoms with Gasteiger partial charge in [0.1, 0.15) is 5.82 Å². The van der Waals surface area contributed by atoms with Crippen molar-refractivity contribution in [3.05, 3.63) is 35.1 Å². The Morgan fingerprint density at radius 1 is 1.28 bits per heavy atom. The number of benzene rings is 1. The van der Waals surface area contributed by atoms with Gasteiger partial charge in [-0.25, -0.2) is 14.3 Å². The topological polar surface area (TPSA) is 95.9 Å². The first-order valence-electron chi connectivity index (χ1n) is 11.1. The van der Waals surface area contributed by atoms with Crippen molar-refractivity contribution in [1.82, 2.24) is 9.21 Å². The molecule has 1 aromatic rings. The van der Waals surface area contributed by atoms with Crippen molar-refractivity contribution < 1.29 is 26.9 Å². The lowest BCUT2D eigenvalue weighted by atomic mass is 10.0. The number of ether oxygens (including phenoxy) is 1. The Labute approximate surface area is 190 Å². The normalized spacial score (nSPS) is 20.5. The number of halogens is 1. The number of rotatable bonds is 7. The van der Waals surface area contributed by atoms with Crippen LogP contribution in [0.5, 0.6) is 0 Å². The predicted molar refractivity (Wildman–Crippen MR) is 120 cm³/mol. The van der Waals surface area contributed by atoms with Crippen molar-refractivity contribution in [3.8, 4) is 0 Å². The number of hydrogen-bond acceptors (Lipinski definition) is 5. The lowest BCUT2D eigenvalue weighted by Crippen LogP contribution is -2.48. The van der Waals surface area contributed by atoms with Crippen molar-refractivity contribution >= 4 is 21.8 Å². The average Bonchev–Trinajstić information content (AvgIpc) is 2.74. The summed E-state index contributed by atoms with van der Waals surface area (Å²) >= 11 is 0. The highest BCUT2D eigenvalue weighted by atomic mass is 32.2. The molecular formula is C22H34FN4O4S+. The Hall–Kier alpha value is -1.72. The zero-order valence-corrected chi connectivity index (χ0v) is 19.9. The molecule has 32 heavy (non-hydrogen) atoms. The standard InChI is InChI=1S/C22H34FN4O4S/c1-4-22(28)27-12-11-25(14-17(27)3)15-21(18-6-5-16(2)20(23)13-18)31-19-7-9-26(10-8-19)32(24,29)30/h5-6,13,19,21H,4,7-12,14-15H2,1-3H3,(H2,24,29,30)/q+1. The van der Waals surface area contributed by atoms with Crippen LogP contribution < -0.4 is 5.14 Å². The number of hydrogen-bond donors (Lipinski definition) is 1. The van der Waals surface area contributed by atoms with E-state index in [0.717, 1.165) is 11.3 Å². The maximum Gasteiger partial charge on any atom is 0.386 e. The molecule has 0 bridgehead atoms. The fourth-order valence-corrected chi connectivity index (χ4v) is 5.05. The molecule has 10 heteroatoms. The number of nitrogens with two attached hydrogens (primary N) is 1. The summed E-state index contributed by atoms with van der Waals surface area (Å²) in [6.07, 6.45) is 1.03. The maximum absolute atomic E-state index is 14.3. The van der Waals surface area contributed by atoms with Gasteiger partial charge in [0.05, 0.1) is 31.7 Å². The molecule has 0 spiro atoms. The van der Waals surface area contributed by atoms with Crippen molar-refractivity contribution in [3.63, 3.8) is 0 Å². The molecule has 2 heterocycles. The van der Waals surface area contributed by atoms with Gasteiger partial charge in [0, 0.05) is 26.6 Å². The van der Waals surface area contributed by atoms with Crippen LogP contribution in [-0.2, 0) is 19.7 Å². The van der Waals surface area contributed by atoms with Crippen molar-refractivity contribution in [1.29, 1.82) is 0 Å². The van der Waals surface area contributed by atoms with Gasteiger partial charge < -0.3 is 4.74 Å². The van der Waals surface area contributed by atoms with Gasteiger partial charge in [-0.1, -0.05) is 19.1 Å². The van der Waals surface area contributed by atoms with E-state index in [2.05, 4.69) is 4.90 Å². The summed E-state index contributed by atoms with van der Waals surface area (Å²) in [5.41, 5.74) is 2.33. The van der Waals surface area contributed by atoms with E-state index in [9.17, 15) is 17.6 Å². The van der Waals surface area contributed by atoms with Gasteiger partial charge in [0.15, 0.2) is 12.3 Å². The number of carbonyl (C=O) groups is 1. The SMILES string of the molecule is CCC(=O)[N+]1=C(C)CN(CC(OC2CCN(S(N)(=O)=O)CC2)c2ccc(C)c(F)c2)CC1. The van der Waals surface area contributed by atoms with Gasteiger partial charge in [0.2, 0.25) is 0 Å². The van der Waals surface area contributed by atoms with E-state index >= 15 is 0 Å². The molecule has 1 saturated heterocycles. The molecule has 0 saturated carbocycles. The fourth-order valence-electron chi connectivity index (χ4n) is 4.33. The van der Waals surface area contributed by atoms with Gasteiger partial charge in [0.25, 0.3) is 10.2 Å². The molecule has 1 amide bonds. The Kier molecular flexibility index (Phi) is 8.16. The van der Waals surface area contributed by atoms with Crippen LogP contribution >= 0.6 is 0 Å². The number of nitrogens with zero attached hydrogens (tertiary/aromatic N) is 3. The van der Waals surface area contributed by atoms with Crippen molar-refractivity contribution in [2.24, 2.45) is 5.14 Å². The molecule has 1 aromatic carbocycles. The summed E-state index contributed by atoms with van der Waals surface area (Å²) in [6.45, 7) is 8.70. The van der Waals surface area contributed by atoms with Crippen LogP contribution in [0.15, 0.2) is 18.2 Å². The van der Waals surface area contributed by atoms with E-state index < -0.39 is 10.2 Å². The summed E-state index contributed by atoms with van der Waals surface area (Å²) in [5.74, 6) is -0.154. The molecule has 2 aliphatic heterocycles. The van der Waals surface area contributed by atoms with Crippen LogP contribution in [0.2, 0.25) is 0 Å². The van der Waals surface area contributed by atoms with Crippen LogP contribution in [0, 0.1) is 12.7 Å². The minimum Gasteiger partial charge on any atom is -0.369 e. The van der Waals surface area contributed by atoms with Gasteiger partial charge in [-0.15, -0.1) is 0 Å². The summed E-state index contributed by atoms with van der Waals surface area (Å²) in [5, 5.41) is 5.24. The lowest BCUT2D eigenvalue weighted by molar-refractivity contribution is -0.457. The molecule has 178 valence electrons.